The molecule has 0 spiro atoms. The molecule has 0 atom stereocenters. The zero-order chi connectivity index (χ0) is 18.3. The van der Waals surface area contributed by atoms with Crippen LogP contribution >= 0.6 is 23.4 Å². The van der Waals surface area contributed by atoms with Crippen LogP contribution in [0.3, 0.4) is 0 Å². The second-order valence-corrected chi connectivity index (χ2v) is 7.13. The topological polar surface area (TPSA) is 70.5 Å². The highest BCUT2D eigenvalue weighted by Gasteiger charge is 2.26. The number of hydrogen-bond acceptors (Lipinski definition) is 4. The quantitative estimate of drug-likeness (QED) is 0.461. The Kier molecular flexibility index (Phi) is 4.14. The number of carbonyl (C=O) groups is 1. The summed E-state index contributed by atoms with van der Waals surface area (Å²) in [5.41, 5.74) is 1.74. The minimum absolute atomic E-state index is 0.0234. The first kappa shape index (κ1) is 16.6. The fourth-order valence-corrected chi connectivity index (χ4v) is 3.94. The van der Waals surface area contributed by atoms with Crippen molar-refractivity contribution in [3.05, 3.63) is 80.8 Å². The number of halogens is 1. The minimum Gasteiger partial charge on any atom is -0.463 e. The number of ketones is 1. The van der Waals surface area contributed by atoms with Gasteiger partial charge < -0.3 is 4.42 Å². The summed E-state index contributed by atoms with van der Waals surface area (Å²) < 4.78 is 5.52. The van der Waals surface area contributed by atoms with E-state index in [-0.39, 0.29) is 16.4 Å². The van der Waals surface area contributed by atoms with Crippen molar-refractivity contribution in [1.29, 1.82) is 0 Å². The Balaban J connectivity index is 1.69. The highest BCUT2D eigenvalue weighted by Crippen LogP contribution is 2.41. The number of allylic oxidation sites excluding steroid dienone is 1. The van der Waals surface area contributed by atoms with Crippen molar-refractivity contribution in [2.24, 2.45) is 0 Å². The van der Waals surface area contributed by atoms with Crippen molar-refractivity contribution in [3.8, 4) is 11.3 Å². The van der Waals surface area contributed by atoms with Gasteiger partial charge >= 0.3 is 5.69 Å². The number of thioether (sulfide) groups is 1. The first-order valence-corrected chi connectivity index (χ1v) is 8.80. The number of carbonyl (C=O) groups excluding carboxylic acids is 1. The Morgan fingerprint density at radius 1 is 1.12 bits per heavy atom. The number of Topliss-reactive ketones (excluding diaryl/α,β-unsaturated/α-hetero) is 1. The van der Waals surface area contributed by atoms with Crippen molar-refractivity contribution in [2.75, 3.05) is 0 Å². The lowest BCUT2D eigenvalue weighted by Crippen LogP contribution is -1.94. The molecule has 1 aromatic heterocycles. The average molecular weight is 385 g/mol. The van der Waals surface area contributed by atoms with E-state index in [4.69, 9.17) is 16.0 Å². The van der Waals surface area contributed by atoms with Gasteiger partial charge in [0.2, 0.25) is 5.78 Å². The lowest BCUT2D eigenvalue weighted by atomic mass is 10.1. The molecule has 0 unspecified atom stereocenters. The molecule has 0 saturated heterocycles. The molecule has 7 heteroatoms. The van der Waals surface area contributed by atoms with Crippen LogP contribution in [0.4, 0.5) is 5.69 Å². The second kappa shape index (κ2) is 6.48. The maximum atomic E-state index is 12.4. The molecule has 4 rings (SSSR count). The largest absolute Gasteiger partial charge is 0.463 e. The molecule has 0 amide bonds. The molecule has 128 valence electrons. The third kappa shape index (κ3) is 2.94. The average Bonchev–Trinajstić information content (AvgIpc) is 3.21. The SMILES string of the molecule is O=C1/C(=C\c2coc(-c3ccc(Cl)cc3[N+](=O)O)c2)Sc2ccccc21. The molecule has 0 radical (unpaired) electrons. The Morgan fingerprint density at radius 2 is 1.92 bits per heavy atom. The van der Waals surface area contributed by atoms with E-state index in [0.29, 0.717) is 32.4 Å². The summed E-state index contributed by atoms with van der Waals surface area (Å²) in [6.45, 7) is 0. The van der Waals surface area contributed by atoms with Gasteiger partial charge in [0, 0.05) is 27.1 Å². The van der Waals surface area contributed by atoms with Crippen molar-refractivity contribution in [3.63, 3.8) is 0 Å². The molecule has 0 fully saturated rings. The molecule has 1 N–H and O–H groups in total. The predicted octanol–water partition coefficient (Wildman–Crippen LogP) is 5.73. The van der Waals surface area contributed by atoms with E-state index in [0.717, 1.165) is 4.90 Å². The first-order chi connectivity index (χ1) is 12.5. The fraction of sp³-hybridized carbons (Fsp3) is 0. The number of benzene rings is 2. The lowest BCUT2D eigenvalue weighted by molar-refractivity contribution is -0.729. The van der Waals surface area contributed by atoms with Crippen LogP contribution in [-0.2, 0) is 0 Å². The summed E-state index contributed by atoms with van der Waals surface area (Å²) in [7, 11) is 0. The lowest BCUT2D eigenvalue weighted by Gasteiger charge is -1.96. The van der Waals surface area contributed by atoms with Crippen molar-refractivity contribution >= 4 is 40.9 Å². The third-order valence-corrected chi connectivity index (χ3v) is 5.26. The van der Waals surface area contributed by atoms with E-state index >= 15 is 0 Å². The highest BCUT2D eigenvalue weighted by molar-refractivity contribution is 8.04. The Hall–Kier alpha value is -2.83. The van der Waals surface area contributed by atoms with Crippen molar-refractivity contribution in [1.82, 2.24) is 0 Å². The molecule has 1 aliphatic rings. The van der Waals surface area contributed by atoms with Crippen LogP contribution in [0.1, 0.15) is 15.9 Å². The van der Waals surface area contributed by atoms with Crippen LogP contribution in [0.2, 0.25) is 5.02 Å². The van der Waals surface area contributed by atoms with E-state index in [1.807, 2.05) is 18.2 Å². The standard InChI is InChI=1S/C19H11ClNO4S/c20-12-5-6-13(15(9-12)21(23)24)16-7-11(10-25-16)8-18-19(22)14-3-1-2-4-17(14)26-18/h1-10H,(H,23,24)/q+1/b18-8+. The summed E-state index contributed by atoms with van der Waals surface area (Å²) in [4.78, 5) is 25.1. The monoisotopic (exact) mass is 384 g/mol. The van der Waals surface area contributed by atoms with Crippen molar-refractivity contribution in [2.45, 2.75) is 4.90 Å². The Labute approximate surface area is 157 Å². The Morgan fingerprint density at radius 3 is 2.69 bits per heavy atom. The third-order valence-electron chi connectivity index (χ3n) is 3.92. The minimum atomic E-state index is -0.255. The second-order valence-electron chi connectivity index (χ2n) is 5.61. The van der Waals surface area contributed by atoms with Gasteiger partial charge in [0.05, 0.1) is 21.6 Å². The van der Waals surface area contributed by atoms with Gasteiger partial charge in [-0.3, -0.25) is 4.79 Å². The summed E-state index contributed by atoms with van der Waals surface area (Å²) in [6, 6.07) is 13.7. The number of nitrogens with zero attached hydrogens (tertiary/aromatic N) is 1. The molecular formula is C19H11ClNO4S+. The van der Waals surface area contributed by atoms with E-state index in [2.05, 4.69) is 0 Å². The van der Waals surface area contributed by atoms with Gasteiger partial charge in [-0.05, 0) is 36.4 Å². The van der Waals surface area contributed by atoms with Crippen LogP contribution in [0.5, 0.6) is 0 Å². The van der Waals surface area contributed by atoms with Crippen molar-refractivity contribution < 1.29 is 19.3 Å². The van der Waals surface area contributed by atoms with Crippen LogP contribution in [0, 0.1) is 4.91 Å². The number of rotatable bonds is 3. The van der Waals surface area contributed by atoms with Gasteiger partial charge in [-0.2, -0.15) is 0 Å². The van der Waals surface area contributed by atoms with E-state index < -0.39 is 0 Å². The summed E-state index contributed by atoms with van der Waals surface area (Å²) in [5, 5.41) is 9.60. The summed E-state index contributed by atoms with van der Waals surface area (Å²) >= 11 is 7.28. The molecular weight excluding hydrogens is 374 g/mol. The molecule has 0 aliphatic carbocycles. The van der Waals surface area contributed by atoms with Crippen LogP contribution in [-0.4, -0.2) is 15.9 Å². The van der Waals surface area contributed by atoms with Gasteiger partial charge in [0.15, 0.2) is 0 Å². The zero-order valence-corrected chi connectivity index (χ0v) is 14.8. The molecule has 0 bridgehead atoms. The smallest absolute Gasteiger partial charge is 0.328 e. The van der Waals surface area contributed by atoms with E-state index in [1.165, 1.54) is 24.1 Å². The van der Waals surface area contributed by atoms with Gasteiger partial charge in [-0.1, -0.05) is 35.5 Å². The van der Waals surface area contributed by atoms with Crippen LogP contribution in [0.25, 0.3) is 17.4 Å². The zero-order valence-electron chi connectivity index (χ0n) is 13.2. The molecule has 5 nitrogen and oxygen atoms in total. The number of fused-ring (bicyclic) bond motifs is 1. The van der Waals surface area contributed by atoms with E-state index in [9.17, 15) is 14.9 Å². The molecule has 2 aromatic carbocycles. The van der Waals surface area contributed by atoms with Crippen LogP contribution in [0.15, 0.2) is 69.0 Å². The van der Waals surface area contributed by atoms with Gasteiger partial charge in [-0.15, -0.1) is 0 Å². The predicted molar refractivity (Wildman–Crippen MR) is 98.8 cm³/mol. The highest BCUT2D eigenvalue weighted by atomic mass is 35.5. The molecule has 2 heterocycles. The molecule has 3 aromatic rings. The van der Waals surface area contributed by atoms with Gasteiger partial charge in [0.25, 0.3) is 4.92 Å². The molecule has 26 heavy (non-hydrogen) atoms. The summed E-state index contributed by atoms with van der Waals surface area (Å²) in [6.07, 6.45) is 3.23. The molecule has 1 aliphatic heterocycles. The van der Waals surface area contributed by atoms with Gasteiger partial charge in [-0.25, -0.2) is 5.21 Å². The molecule has 0 saturated carbocycles. The van der Waals surface area contributed by atoms with Crippen LogP contribution < -0.4 is 0 Å². The fourth-order valence-electron chi connectivity index (χ4n) is 2.73. The van der Waals surface area contributed by atoms with Gasteiger partial charge in [0.1, 0.15) is 5.76 Å². The van der Waals surface area contributed by atoms with E-state index in [1.54, 1.807) is 30.3 Å². The summed E-state index contributed by atoms with van der Waals surface area (Å²) in [5.74, 6) is 0.355. The number of hydrogen-bond donors (Lipinski definition) is 1. The number of furan rings is 1. The maximum Gasteiger partial charge on any atom is 0.328 e. The Bertz CT molecular complexity index is 1090. The normalized spacial score (nSPS) is 14.7. The maximum absolute atomic E-state index is 12.4. The first-order valence-electron chi connectivity index (χ1n) is 7.61.